The highest BCUT2D eigenvalue weighted by Gasteiger charge is 2.32. The SMILES string of the molecule is O=C(CCNC(=O)OCC1c2ccccc2-c2ccccc21)N[C@H]1CCCC[C@H]1C(=O)O. The van der Waals surface area contributed by atoms with Crippen molar-refractivity contribution in [2.24, 2.45) is 5.92 Å². The number of ether oxygens (including phenoxy) is 1. The van der Waals surface area contributed by atoms with Crippen LogP contribution >= 0.6 is 0 Å². The topological polar surface area (TPSA) is 105 Å². The lowest BCUT2D eigenvalue weighted by Gasteiger charge is -2.29. The van der Waals surface area contributed by atoms with E-state index in [1.807, 2.05) is 24.3 Å². The molecule has 7 heteroatoms. The molecule has 2 aromatic carbocycles. The molecule has 0 unspecified atom stereocenters. The molecule has 3 N–H and O–H groups in total. The van der Waals surface area contributed by atoms with Crippen molar-refractivity contribution in [2.75, 3.05) is 13.2 Å². The fraction of sp³-hybridized carbons (Fsp3) is 0.400. The van der Waals surface area contributed by atoms with Crippen LogP contribution in [0, 0.1) is 5.92 Å². The fourth-order valence-corrected chi connectivity index (χ4v) is 4.81. The highest BCUT2D eigenvalue weighted by Crippen LogP contribution is 2.44. The maximum Gasteiger partial charge on any atom is 0.407 e. The van der Waals surface area contributed by atoms with Crippen molar-refractivity contribution in [3.8, 4) is 11.1 Å². The number of carboxylic acids is 1. The van der Waals surface area contributed by atoms with E-state index in [-0.39, 0.29) is 37.4 Å². The molecule has 4 rings (SSSR count). The number of nitrogens with one attached hydrogen (secondary N) is 2. The minimum atomic E-state index is -0.869. The highest BCUT2D eigenvalue weighted by molar-refractivity contribution is 5.80. The molecule has 2 amide bonds. The van der Waals surface area contributed by atoms with Gasteiger partial charge in [-0.3, -0.25) is 9.59 Å². The summed E-state index contributed by atoms with van der Waals surface area (Å²) in [6.07, 6.45) is 2.54. The lowest BCUT2D eigenvalue weighted by Crippen LogP contribution is -2.45. The van der Waals surface area contributed by atoms with Crippen molar-refractivity contribution in [2.45, 2.75) is 44.1 Å². The molecule has 0 bridgehead atoms. The molecular formula is C25H28N2O5. The molecule has 2 atom stereocenters. The van der Waals surface area contributed by atoms with Gasteiger partial charge in [-0.1, -0.05) is 61.4 Å². The van der Waals surface area contributed by atoms with Crippen LogP contribution in [0.3, 0.4) is 0 Å². The molecule has 2 aliphatic carbocycles. The second kappa shape index (κ2) is 9.85. The zero-order valence-corrected chi connectivity index (χ0v) is 17.9. The van der Waals surface area contributed by atoms with E-state index in [1.54, 1.807) is 0 Å². The summed E-state index contributed by atoms with van der Waals surface area (Å²) in [6, 6.07) is 15.9. The molecule has 2 aliphatic rings. The predicted octanol–water partition coefficient (Wildman–Crippen LogP) is 3.67. The Balaban J connectivity index is 1.24. The van der Waals surface area contributed by atoms with Gasteiger partial charge in [-0.25, -0.2) is 4.79 Å². The lowest BCUT2D eigenvalue weighted by atomic mass is 9.84. The Labute approximate surface area is 187 Å². The third-order valence-corrected chi connectivity index (χ3v) is 6.39. The minimum absolute atomic E-state index is 0.0179. The second-order valence-corrected chi connectivity index (χ2v) is 8.41. The number of carbonyl (C=O) groups excluding carboxylic acids is 2. The van der Waals surface area contributed by atoms with E-state index < -0.39 is 18.0 Å². The average molecular weight is 437 g/mol. The first kappa shape index (κ1) is 21.9. The molecule has 0 aromatic heterocycles. The maximum absolute atomic E-state index is 12.2. The van der Waals surface area contributed by atoms with Crippen LogP contribution in [0.2, 0.25) is 0 Å². The van der Waals surface area contributed by atoms with Gasteiger partial charge in [0.2, 0.25) is 5.91 Å². The largest absolute Gasteiger partial charge is 0.481 e. The highest BCUT2D eigenvalue weighted by atomic mass is 16.5. The molecule has 0 heterocycles. The number of aliphatic carboxylic acids is 1. The summed E-state index contributed by atoms with van der Waals surface area (Å²) in [5.74, 6) is -1.69. The third-order valence-electron chi connectivity index (χ3n) is 6.39. The number of rotatable bonds is 7. The second-order valence-electron chi connectivity index (χ2n) is 8.41. The van der Waals surface area contributed by atoms with E-state index in [0.29, 0.717) is 12.8 Å². The normalized spacial score (nSPS) is 19.5. The number of alkyl carbamates (subject to hydrolysis) is 1. The number of hydrogen-bond acceptors (Lipinski definition) is 4. The summed E-state index contributed by atoms with van der Waals surface area (Å²) < 4.78 is 5.46. The third kappa shape index (κ3) is 4.77. The molecule has 0 spiro atoms. The Morgan fingerprint density at radius 3 is 2.22 bits per heavy atom. The molecule has 7 nitrogen and oxygen atoms in total. The van der Waals surface area contributed by atoms with Crippen LogP contribution in [0.1, 0.15) is 49.1 Å². The van der Waals surface area contributed by atoms with E-state index in [2.05, 4.69) is 34.9 Å². The number of benzene rings is 2. The molecule has 0 aliphatic heterocycles. The molecule has 32 heavy (non-hydrogen) atoms. The standard InChI is InChI=1S/C25H28N2O5/c28-23(27-22-12-6-5-11-20(22)24(29)30)13-14-26-25(31)32-15-21-18-9-3-1-7-16(18)17-8-2-4-10-19(17)21/h1-4,7-10,20-22H,5-6,11-15H2,(H,26,31)(H,27,28)(H,29,30)/t20-,22+/m1/s1. The summed E-state index contributed by atoms with van der Waals surface area (Å²) in [6.45, 7) is 0.349. The quantitative estimate of drug-likeness (QED) is 0.614. The van der Waals surface area contributed by atoms with Crippen LogP contribution in [-0.2, 0) is 14.3 Å². The first-order valence-electron chi connectivity index (χ1n) is 11.2. The average Bonchev–Trinajstić information content (AvgIpc) is 3.12. The van der Waals surface area contributed by atoms with Crippen LogP contribution in [0.25, 0.3) is 11.1 Å². The van der Waals surface area contributed by atoms with Crippen molar-refractivity contribution in [1.29, 1.82) is 0 Å². The van der Waals surface area contributed by atoms with Gasteiger partial charge in [-0.15, -0.1) is 0 Å². The van der Waals surface area contributed by atoms with Crippen molar-refractivity contribution in [3.63, 3.8) is 0 Å². The Morgan fingerprint density at radius 1 is 0.938 bits per heavy atom. The summed E-state index contributed by atoms with van der Waals surface area (Å²) in [7, 11) is 0. The zero-order chi connectivity index (χ0) is 22.5. The molecule has 168 valence electrons. The van der Waals surface area contributed by atoms with Gasteiger partial charge < -0.3 is 20.5 Å². The molecule has 0 radical (unpaired) electrons. The zero-order valence-electron chi connectivity index (χ0n) is 17.9. The minimum Gasteiger partial charge on any atom is -0.481 e. The lowest BCUT2D eigenvalue weighted by molar-refractivity contribution is -0.144. The van der Waals surface area contributed by atoms with Crippen molar-refractivity contribution < 1.29 is 24.2 Å². The van der Waals surface area contributed by atoms with Gasteiger partial charge in [0.25, 0.3) is 0 Å². The molecule has 1 fully saturated rings. The first-order valence-corrected chi connectivity index (χ1v) is 11.2. The summed E-state index contributed by atoms with van der Waals surface area (Å²) in [5, 5.41) is 14.7. The summed E-state index contributed by atoms with van der Waals surface area (Å²) >= 11 is 0. The van der Waals surface area contributed by atoms with Crippen molar-refractivity contribution >= 4 is 18.0 Å². The van der Waals surface area contributed by atoms with E-state index in [0.717, 1.165) is 35.1 Å². The smallest absolute Gasteiger partial charge is 0.407 e. The van der Waals surface area contributed by atoms with Crippen LogP contribution in [0.5, 0.6) is 0 Å². The van der Waals surface area contributed by atoms with Crippen LogP contribution in [0.4, 0.5) is 4.79 Å². The Morgan fingerprint density at radius 2 is 1.56 bits per heavy atom. The van der Waals surface area contributed by atoms with Crippen LogP contribution in [-0.4, -0.2) is 42.3 Å². The number of amides is 2. The monoisotopic (exact) mass is 436 g/mol. The number of hydrogen-bond donors (Lipinski definition) is 3. The van der Waals surface area contributed by atoms with Crippen molar-refractivity contribution in [1.82, 2.24) is 10.6 Å². The Hall–Kier alpha value is -3.35. The predicted molar refractivity (Wildman–Crippen MR) is 119 cm³/mol. The van der Waals surface area contributed by atoms with E-state index in [9.17, 15) is 19.5 Å². The van der Waals surface area contributed by atoms with Crippen LogP contribution < -0.4 is 10.6 Å². The summed E-state index contributed by atoms with van der Waals surface area (Å²) in [5.41, 5.74) is 4.61. The maximum atomic E-state index is 12.2. The van der Waals surface area contributed by atoms with Crippen LogP contribution in [0.15, 0.2) is 48.5 Å². The van der Waals surface area contributed by atoms with E-state index >= 15 is 0 Å². The van der Waals surface area contributed by atoms with Gasteiger partial charge in [0, 0.05) is 24.9 Å². The van der Waals surface area contributed by atoms with Crippen molar-refractivity contribution in [3.05, 3.63) is 59.7 Å². The van der Waals surface area contributed by atoms with Gasteiger partial charge in [0.05, 0.1) is 5.92 Å². The first-order chi connectivity index (χ1) is 15.5. The van der Waals surface area contributed by atoms with Gasteiger partial charge in [-0.05, 0) is 35.1 Å². The molecular weight excluding hydrogens is 408 g/mol. The summed E-state index contributed by atoms with van der Waals surface area (Å²) in [4.78, 5) is 35.8. The van der Waals surface area contributed by atoms with E-state index in [1.165, 1.54) is 0 Å². The Kier molecular flexibility index (Phi) is 6.73. The molecule has 0 saturated heterocycles. The number of fused-ring (bicyclic) bond motifs is 3. The molecule has 1 saturated carbocycles. The van der Waals surface area contributed by atoms with Gasteiger partial charge in [0.15, 0.2) is 0 Å². The van der Waals surface area contributed by atoms with E-state index in [4.69, 9.17) is 4.74 Å². The Bertz CT molecular complexity index is 960. The van der Waals surface area contributed by atoms with Gasteiger partial charge in [0.1, 0.15) is 6.61 Å². The van der Waals surface area contributed by atoms with Gasteiger partial charge in [-0.2, -0.15) is 0 Å². The molecule has 2 aromatic rings. The number of carboxylic acid groups (broad SMARTS) is 1. The van der Waals surface area contributed by atoms with Gasteiger partial charge >= 0.3 is 12.1 Å². The fourth-order valence-electron chi connectivity index (χ4n) is 4.81. The number of carbonyl (C=O) groups is 3.